The van der Waals surface area contributed by atoms with Crippen molar-refractivity contribution in [2.45, 2.75) is 0 Å². The summed E-state index contributed by atoms with van der Waals surface area (Å²) in [5, 5.41) is 17.9. The van der Waals surface area contributed by atoms with Crippen LogP contribution in [0.1, 0.15) is 5.56 Å². The normalized spacial score (nSPS) is 11.7. The highest BCUT2D eigenvalue weighted by Crippen LogP contribution is 2.17. The molecule has 0 radical (unpaired) electrons. The van der Waals surface area contributed by atoms with Gasteiger partial charge in [-0.1, -0.05) is 29.8 Å². The number of carboxylic acid groups (broad SMARTS) is 2. The number of allylic oxidation sites excluding steroid dienone is 2. The van der Waals surface area contributed by atoms with Crippen LogP contribution < -0.4 is 0 Å². The Labute approximate surface area is 102 Å². The first-order valence-corrected chi connectivity index (χ1v) is 4.99. The molecule has 0 spiro atoms. The van der Waals surface area contributed by atoms with Crippen molar-refractivity contribution in [3.05, 3.63) is 53.1 Å². The minimum atomic E-state index is -1.14. The minimum Gasteiger partial charge on any atom is -0.478 e. The molecule has 0 aliphatic heterocycles. The zero-order valence-electron chi connectivity index (χ0n) is 8.63. The molecular weight excluding hydrogens is 244 g/mol. The van der Waals surface area contributed by atoms with Crippen molar-refractivity contribution >= 4 is 29.1 Å². The van der Waals surface area contributed by atoms with E-state index in [0.29, 0.717) is 10.6 Å². The highest BCUT2D eigenvalue weighted by Gasteiger charge is 2.08. The average molecular weight is 253 g/mol. The van der Waals surface area contributed by atoms with Crippen molar-refractivity contribution < 1.29 is 19.8 Å². The van der Waals surface area contributed by atoms with Gasteiger partial charge in [-0.25, -0.2) is 9.59 Å². The molecule has 0 atom stereocenters. The largest absolute Gasteiger partial charge is 0.478 e. The lowest BCUT2D eigenvalue weighted by molar-refractivity contribution is -0.132. The molecule has 17 heavy (non-hydrogen) atoms. The number of halogens is 1. The number of hydrogen-bond donors (Lipinski definition) is 2. The minimum absolute atomic E-state index is 0.000772. The van der Waals surface area contributed by atoms with E-state index in [1.54, 1.807) is 24.3 Å². The van der Waals surface area contributed by atoms with Gasteiger partial charge in [0.15, 0.2) is 0 Å². The zero-order chi connectivity index (χ0) is 12.8. The number of carboxylic acids is 2. The summed E-state index contributed by atoms with van der Waals surface area (Å²) in [6.45, 7) is 0. The smallest absolute Gasteiger partial charge is 0.336 e. The van der Waals surface area contributed by atoms with E-state index in [1.807, 2.05) is 0 Å². The second-order valence-electron chi connectivity index (χ2n) is 3.09. The molecular formula is C12H9ClO4. The Kier molecular flexibility index (Phi) is 4.48. The van der Waals surface area contributed by atoms with E-state index >= 15 is 0 Å². The molecule has 0 amide bonds. The van der Waals surface area contributed by atoms with Crippen molar-refractivity contribution in [3.8, 4) is 0 Å². The fraction of sp³-hybridized carbons (Fsp3) is 0. The number of benzene rings is 1. The maximum Gasteiger partial charge on any atom is 0.336 e. The first-order valence-electron chi connectivity index (χ1n) is 4.61. The summed E-state index contributed by atoms with van der Waals surface area (Å²) >= 11 is 5.68. The van der Waals surface area contributed by atoms with Crippen LogP contribution in [0, 0.1) is 0 Å². The second kappa shape index (κ2) is 5.86. The summed E-state index contributed by atoms with van der Waals surface area (Å²) in [6, 6.07) is 6.23. The van der Waals surface area contributed by atoms with Gasteiger partial charge in [-0.3, -0.25) is 0 Å². The molecule has 0 saturated heterocycles. The molecule has 1 aromatic carbocycles. The summed E-state index contributed by atoms with van der Waals surface area (Å²) in [7, 11) is 0. The Hall–Kier alpha value is -2.07. The molecule has 2 N–H and O–H groups in total. The summed E-state index contributed by atoms with van der Waals surface area (Å²) in [4.78, 5) is 21.2. The molecule has 0 heterocycles. The van der Waals surface area contributed by atoms with Crippen molar-refractivity contribution in [1.29, 1.82) is 0 Å². The summed E-state index contributed by atoms with van der Waals surface area (Å²) in [5.74, 6) is -2.27. The Bertz CT molecular complexity index is 486. The topological polar surface area (TPSA) is 74.6 Å². The lowest BCUT2D eigenvalue weighted by atomic mass is 10.1. The Morgan fingerprint density at radius 1 is 1.12 bits per heavy atom. The molecule has 88 valence electrons. The van der Waals surface area contributed by atoms with Crippen LogP contribution in [0.25, 0.3) is 5.57 Å². The predicted octanol–water partition coefficient (Wildman–Crippen LogP) is 2.45. The van der Waals surface area contributed by atoms with Gasteiger partial charge < -0.3 is 10.2 Å². The highest BCUT2D eigenvalue weighted by atomic mass is 35.5. The third kappa shape index (κ3) is 4.12. The van der Waals surface area contributed by atoms with E-state index in [9.17, 15) is 9.59 Å². The van der Waals surface area contributed by atoms with Crippen LogP contribution in [-0.2, 0) is 9.59 Å². The van der Waals surface area contributed by atoms with Crippen LogP contribution in [0.15, 0.2) is 42.5 Å². The van der Waals surface area contributed by atoms with Gasteiger partial charge in [0.2, 0.25) is 0 Å². The van der Waals surface area contributed by atoms with E-state index in [1.165, 1.54) is 12.2 Å². The average Bonchev–Trinajstić information content (AvgIpc) is 2.25. The van der Waals surface area contributed by atoms with E-state index in [4.69, 9.17) is 21.8 Å². The summed E-state index contributed by atoms with van der Waals surface area (Å²) in [6.07, 6.45) is 3.25. The molecule has 0 saturated carbocycles. The van der Waals surface area contributed by atoms with Gasteiger partial charge in [0.25, 0.3) is 0 Å². The Balaban J connectivity index is 3.05. The van der Waals surface area contributed by atoms with Crippen LogP contribution in [-0.4, -0.2) is 22.2 Å². The van der Waals surface area contributed by atoms with Crippen molar-refractivity contribution in [2.75, 3.05) is 0 Å². The molecule has 5 heteroatoms. The van der Waals surface area contributed by atoms with Crippen molar-refractivity contribution in [2.24, 2.45) is 0 Å². The molecule has 0 aromatic heterocycles. The van der Waals surface area contributed by atoms with Crippen LogP contribution in [0.2, 0.25) is 5.02 Å². The van der Waals surface area contributed by atoms with Crippen molar-refractivity contribution in [1.82, 2.24) is 0 Å². The van der Waals surface area contributed by atoms with Gasteiger partial charge >= 0.3 is 11.9 Å². The third-order valence-corrected chi connectivity index (χ3v) is 2.14. The lowest BCUT2D eigenvalue weighted by Gasteiger charge is -2.01. The van der Waals surface area contributed by atoms with Crippen LogP contribution in [0.4, 0.5) is 0 Å². The Morgan fingerprint density at radius 3 is 2.18 bits per heavy atom. The molecule has 4 nitrogen and oxygen atoms in total. The van der Waals surface area contributed by atoms with Gasteiger partial charge in [-0.05, 0) is 23.8 Å². The first-order chi connectivity index (χ1) is 8.00. The maximum atomic E-state index is 11.0. The van der Waals surface area contributed by atoms with Crippen molar-refractivity contribution in [3.63, 3.8) is 0 Å². The lowest BCUT2D eigenvalue weighted by Crippen LogP contribution is -1.99. The fourth-order valence-electron chi connectivity index (χ4n) is 1.15. The second-order valence-corrected chi connectivity index (χ2v) is 3.53. The number of rotatable bonds is 4. The summed E-state index contributed by atoms with van der Waals surface area (Å²) in [5.41, 5.74) is 0.455. The highest BCUT2D eigenvalue weighted by molar-refractivity contribution is 6.30. The molecule has 0 aliphatic carbocycles. The molecule has 0 aliphatic rings. The van der Waals surface area contributed by atoms with E-state index in [2.05, 4.69) is 0 Å². The van der Waals surface area contributed by atoms with Gasteiger partial charge in [-0.2, -0.15) is 0 Å². The van der Waals surface area contributed by atoms with E-state index in [-0.39, 0.29) is 5.57 Å². The molecule has 0 fully saturated rings. The van der Waals surface area contributed by atoms with Gasteiger partial charge in [-0.15, -0.1) is 0 Å². The SMILES string of the molecule is O=C(O)C=CC=C(C(=O)O)c1ccc(Cl)cc1. The number of aliphatic carboxylic acids is 2. The van der Waals surface area contributed by atoms with E-state index < -0.39 is 11.9 Å². The fourth-order valence-corrected chi connectivity index (χ4v) is 1.27. The molecule has 1 rings (SSSR count). The van der Waals surface area contributed by atoms with Gasteiger partial charge in [0, 0.05) is 11.1 Å². The number of carbonyl (C=O) groups is 2. The van der Waals surface area contributed by atoms with Gasteiger partial charge in [0.05, 0.1) is 5.57 Å². The predicted molar refractivity (Wildman–Crippen MR) is 63.8 cm³/mol. The summed E-state index contributed by atoms with van der Waals surface area (Å²) < 4.78 is 0. The van der Waals surface area contributed by atoms with E-state index in [0.717, 1.165) is 6.08 Å². The zero-order valence-corrected chi connectivity index (χ0v) is 9.39. The standard InChI is InChI=1S/C12H9ClO4/c13-9-6-4-8(5-7-9)10(12(16)17)2-1-3-11(14)15/h1-7H,(H,14,15)(H,16,17). The molecule has 1 aromatic rings. The third-order valence-electron chi connectivity index (χ3n) is 1.89. The monoisotopic (exact) mass is 252 g/mol. The maximum absolute atomic E-state index is 11.0. The quantitative estimate of drug-likeness (QED) is 0.638. The van der Waals surface area contributed by atoms with Gasteiger partial charge in [0.1, 0.15) is 0 Å². The van der Waals surface area contributed by atoms with Crippen LogP contribution in [0.3, 0.4) is 0 Å². The van der Waals surface area contributed by atoms with Crippen LogP contribution >= 0.6 is 11.6 Å². The first kappa shape index (κ1) is 13.0. The van der Waals surface area contributed by atoms with Crippen LogP contribution in [0.5, 0.6) is 0 Å². The molecule has 0 bridgehead atoms. The number of hydrogen-bond acceptors (Lipinski definition) is 2. The Morgan fingerprint density at radius 2 is 1.71 bits per heavy atom. The molecule has 0 unspecified atom stereocenters.